The van der Waals surface area contributed by atoms with Gasteiger partial charge in [0.05, 0.1) is 0 Å². The molecule has 2 heteroatoms. The van der Waals surface area contributed by atoms with Crippen LogP contribution >= 0.6 is 0 Å². The van der Waals surface area contributed by atoms with Gasteiger partial charge in [-0.2, -0.15) is 0 Å². The average Bonchev–Trinajstić information content (AvgIpc) is 2.01. The first kappa shape index (κ1) is 12.5. The van der Waals surface area contributed by atoms with E-state index in [1.54, 1.807) is 0 Å². The van der Waals surface area contributed by atoms with Crippen LogP contribution in [0.25, 0.3) is 0 Å². The van der Waals surface area contributed by atoms with Gasteiger partial charge in [0.2, 0.25) is 0 Å². The van der Waals surface area contributed by atoms with Crippen LogP contribution in [0.4, 0.5) is 0 Å². The van der Waals surface area contributed by atoms with Gasteiger partial charge in [-0.05, 0) is 0 Å². The van der Waals surface area contributed by atoms with Gasteiger partial charge in [0.1, 0.15) is 0 Å². The summed E-state index contributed by atoms with van der Waals surface area (Å²) in [5, 5.41) is 0. The third-order valence-corrected chi connectivity index (χ3v) is 3.55. The van der Waals surface area contributed by atoms with Crippen LogP contribution in [-0.4, -0.2) is 31.7 Å². The number of ether oxygens (including phenoxy) is 1. The summed E-state index contributed by atoms with van der Waals surface area (Å²) in [4.78, 5) is 0. The minimum atomic E-state index is 0.478. The second-order valence-electron chi connectivity index (χ2n) is 4.97. The van der Waals surface area contributed by atoms with Crippen molar-refractivity contribution in [1.82, 2.24) is 0 Å². The molecule has 3 atom stereocenters. The van der Waals surface area contributed by atoms with E-state index >= 15 is 0 Å². The summed E-state index contributed by atoms with van der Waals surface area (Å²) in [6, 6.07) is 0. The van der Waals surface area contributed by atoms with E-state index in [9.17, 15) is 0 Å². The molecule has 0 aromatic carbocycles. The Hall–Kier alpha value is 0.460. The molecule has 1 fully saturated rings. The van der Waals surface area contributed by atoms with Crippen molar-refractivity contribution in [2.24, 2.45) is 17.8 Å². The molecule has 0 aliphatic heterocycles. The molecule has 0 radical (unpaired) electrons. The van der Waals surface area contributed by atoms with E-state index in [0.717, 1.165) is 21.5 Å². The van der Waals surface area contributed by atoms with Gasteiger partial charge >= 0.3 is 101 Å². The van der Waals surface area contributed by atoms with Crippen LogP contribution in [0.15, 0.2) is 0 Å². The van der Waals surface area contributed by atoms with Gasteiger partial charge in [-0.25, -0.2) is 0 Å². The van der Waals surface area contributed by atoms with E-state index in [4.69, 9.17) is 4.74 Å². The molecular weight excluding hydrogens is 288 g/mol. The first-order valence-electron chi connectivity index (χ1n) is 5.68. The van der Waals surface area contributed by atoms with Crippen LogP contribution in [0.1, 0.15) is 47.0 Å². The van der Waals surface area contributed by atoms with Gasteiger partial charge in [-0.15, -0.1) is 0 Å². The molecule has 0 bridgehead atoms. The molecular formula is C12H22OTe. The fourth-order valence-electron chi connectivity index (χ4n) is 2.46. The Kier molecular flexibility index (Phi) is 4.94. The summed E-state index contributed by atoms with van der Waals surface area (Å²) in [5.74, 6) is 2.37. The zero-order valence-corrected chi connectivity index (χ0v) is 12.1. The summed E-state index contributed by atoms with van der Waals surface area (Å²) in [6.07, 6.45) is 4.45. The molecule has 1 aliphatic carbocycles. The van der Waals surface area contributed by atoms with Gasteiger partial charge in [0.25, 0.3) is 0 Å². The number of rotatable bonds is 3. The molecule has 1 nitrogen and oxygen atoms in total. The SMILES string of the molecule is CC(=[Te])OC1CC(C)CCC1C(C)C. The van der Waals surface area contributed by atoms with E-state index < -0.39 is 0 Å². The Balaban J connectivity index is 2.58. The molecule has 0 amide bonds. The molecule has 1 aliphatic rings. The fraction of sp³-hybridized carbons (Fsp3) is 0.917. The van der Waals surface area contributed by atoms with Gasteiger partial charge in [-0.3, -0.25) is 0 Å². The quantitative estimate of drug-likeness (QED) is 0.729. The van der Waals surface area contributed by atoms with E-state index in [1.807, 2.05) is 21.8 Å². The van der Waals surface area contributed by atoms with Crippen molar-refractivity contribution in [2.75, 3.05) is 0 Å². The van der Waals surface area contributed by atoms with E-state index in [1.165, 1.54) is 19.3 Å². The summed E-state index contributed by atoms with van der Waals surface area (Å²) >= 11 is 1.99. The average molecular weight is 310 g/mol. The Morgan fingerprint density at radius 3 is 2.50 bits per heavy atom. The predicted molar refractivity (Wildman–Crippen MR) is 62.7 cm³/mol. The number of hydrogen-bond acceptors (Lipinski definition) is 1. The molecule has 82 valence electrons. The van der Waals surface area contributed by atoms with Crippen molar-refractivity contribution in [3.05, 3.63) is 0 Å². The topological polar surface area (TPSA) is 9.23 Å². The van der Waals surface area contributed by atoms with Crippen LogP contribution in [0.3, 0.4) is 0 Å². The van der Waals surface area contributed by atoms with Crippen LogP contribution in [-0.2, 0) is 4.74 Å². The third-order valence-electron chi connectivity index (χ3n) is 3.28. The third kappa shape index (κ3) is 3.55. The summed E-state index contributed by atoms with van der Waals surface area (Å²) in [5.41, 5.74) is 0. The van der Waals surface area contributed by atoms with Crippen molar-refractivity contribution in [2.45, 2.75) is 53.1 Å². The summed E-state index contributed by atoms with van der Waals surface area (Å²) in [6.45, 7) is 9.06. The molecule has 0 heterocycles. The second-order valence-corrected chi connectivity index (χ2v) is 6.61. The van der Waals surface area contributed by atoms with Gasteiger partial charge in [0.15, 0.2) is 0 Å². The maximum absolute atomic E-state index is 5.96. The van der Waals surface area contributed by atoms with Gasteiger partial charge in [0, 0.05) is 0 Å². The van der Waals surface area contributed by atoms with Crippen LogP contribution in [0, 0.1) is 17.8 Å². The Morgan fingerprint density at radius 2 is 2.00 bits per heavy atom. The molecule has 1 rings (SSSR count). The molecule has 3 unspecified atom stereocenters. The van der Waals surface area contributed by atoms with Crippen LogP contribution in [0.5, 0.6) is 0 Å². The molecule has 0 aromatic heterocycles. The summed E-state index contributed by atoms with van der Waals surface area (Å²) in [7, 11) is 0. The Morgan fingerprint density at radius 1 is 1.36 bits per heavy atom. The first-order chi connectivity index (χ1) is 6.50. The monoisotopic (exact) mass is 312 g/mol. The van der Waals surface area contributed by atoms with E-state index in [-0.39, 0.29) is 0 Å². The van der Waals surface area contributed by atoms with Crippen molar-refractivity contribution in [3.8, 4) is 0 Å². The fourth-order valence-corrected chi connectivity index (χ4v) is 2.82. The van der Waals surface area contributed by atoms with Gasteiger partial charge < -0.3 is 0 Å². The van der Waals surface area contributed by atoms with Crippen LogP contribution in [0.2, 0.25) is 0 Å². The molecule has 0 saturated heterocycles. The molecule has 14 heavy (non-hydrogen) atoms. The number of hydrogen-bond donors (Lipinski definition) is 0. The molecule has 1 saturated carbocycles. The van der Waals surface area contributed by atoms with Crippen molar-refractivity contribution in [3.63, 3.8) is 0 Å². The van der Waals surface area contributed by atoms with E-state index in [2.05, 4.69) is 27.7 Å². The predicted octanol–water partition coefficient (Wildman–Crippen LogP) is 2.78. The second kappa shape index (κ2) is 5.52. The van der Waals surface area contributed by atoms with Crippen LogP contribution < -0.4 is 0 Å². The zero-order chi connectivity index (χ0) is 10.7. The van der Waals surface area contributed by atoms with Gasteiger partial charge in [-0.1, -0.05) is 0 Å². The van der Waals surface area contributed by atoms with Crippen molar-refractivity contribution >= 4 is 25.6 Å². The Labute approximate surface area is 101 Å². The minimum absolute atomic E-state index is 0.478. The molecule has 0 N–H and O–H groups in total. The first-order valence-corrected chi connectivity index (χ1v) is 6.84. The van der Waals surface area contributed by atoms with Crippen molar-refractivity contribution in [1.29, 1.82) is 0 Å². The van der Waals surface area contributed by atoms with Crippen molar-refractivity contribution < 1.29 is 4.74 Å². The standard InChI is InChI=1S/C12H22OTe/c1-8(2)11-6-5-9(3)7-12(11)13-10(4)14/h8-9,11-12H,5-7H2,1-4H3. The Bertz CT molecular complexity index is 200. The maximum atomic E-state index is 5.96. The van der Waals surface area contributed by atoms with E-state index in [0.29, 0.717) is 6.10 Å². The molecule has 0 spiro atoms. The molecule has 0 aromatic rings. The summed E-state index contributed by atoms with van der Waals surface area (Å²) < 4.78 is 7.09. The zero-order valence-electron chi connectivity index (χ0n) is 9.75. The normalized spacial score (nSPS) is 33.1.